The zero-order valence-corrected chi connectivity index (χ0v) is 6.63. The van der Waals surface area contributed by atoms with Gasteiger partial charge in [0.2, 0.25) is 0 Å². The summed E-state index contributed by atoms with van der Waals surface area (Å²) in [6, 6.07) is -0.586. The summed E-state index contributed by atoms with van der Waals surface area (Å²) in [6.07, 6.45) is 3.30. The molecule has 1 aliphatic rings. The van der Waals surface area contributed by atoms with Gasteiger partial charge in [0.05, 0.1) is 0 Å². The molecule has 0 aromatic heterocycles. The first-order valence-electron chi connectivity index (χ1n) is 3.86. The fraction of sp³-hybridized carbons (Fsp3) is 0.714. The molecule has 1 aliphatic carbocycles. The van der Waals surface area contributed by atoms with Crippen molar-refractivity contribution in [3.05, 3.63) is 0 Å². The van der Waals surface area contributed by atoms with Crippen LogP contribution >= 0.6 is 0 Å². The Bertz CT molecular complexity index is 184. The second-order valence-electron chi connectivity index (χ2n) is 2.71. The lowest BCUT2D eigenvalue weighted by Gasteiger charge is -1.99. The normalized spacial score (nSPS) is 18.1. The zero-order valence-electron chi connectivity index (χ0n) is 6.63. The molecule has 0 heterocycles. The Labute approximate surface area is 65.8 Å². The zero-order chi connectivity index (χ0) is 8.27. The molecule has 3 N–H and O–H groups in total. The predicted octanol–water partition coefficient (Wildman–Crippen LogP) is 0.831. The fourth-order valence-corrected chi connectivity index (χ4v) is 1.00. The van der Waals surface area contributed by atoms with E-state index in [1.165, 1.54) is 12.8 Å². The molecule has 1 fully saturated rings. The van der Waals surface area contributed by atoms with Crippen molar-refractivity contribution in [2.24, 2.45) is 16.8 Å². The Hall–Kier alpha value is -1.06. The van der Waals surface area contributed by atoms with Crippen molar-refractivity contribution >= 4 is 11.7 Å². The smallest absolute Gasteiger partial charge is 0.332 e. The third kappa shape index (κ3) is 2.57. The van der Waals surface area contributed by atoms with Gasteiger partial charge in [-0.25, -0.2) is 10.2 Å². The number of hydrazone groups is 1. The highest BCUT2D eigenvalue weighted by atomic mass is 16.2. The number of amides is 2. The standard InChI is InChI=1S/C7H13N3O/c1-2-6(5-3-4-5)9-10-7(8)11/h5H,2-4H2,1H3,(H3,8,10,11). The van der Waals surface area contributed by atoms with Gasteiger partial charge in [-0.05, 0) is 25.2 Å². The van der Waals surface area contributed by atoms with Gasteiger partial charge >= 0.3 is 6.03 Å². The number of urea groups is 1. The maximum absolute atomic E-state index is 10.3. The maximum atomic E-state index is 10.3. The van der Waals surface area contributed by atoms with Crippen LogP contribution in [0.15, 0.2) is 5.10 Å². The first-order valence-corrected chi connectivity index (χ1v) is 3.86. The SMILES string of the molecule is CCC(=NNC(N)=O)C1CC1. The molecule has 0 saturated heterocycles. The molecule has 0 atom stereocenters. The quantitative estimate of drug-likeness (QED) is 0.460. The van der Waals surface area contributed by atoms with Crippen molar-refractivity contribution in [2.75, 3.05) is 0 Å². The fourth-order valence-electron chi connectivity index (χ4n) is 1.00. The maximum Gasteiger partial charge on any atom is 0.332 e. The summed E-state index contributed by atoms with van der Waals surface area (Å²) in [5.74, 6) is 0.604. The highest BCUT2D eigenvalue weighted by Crippen LogP contribution is 2.31. The highest BCUT2D eigenvalue weighted by Gasteiger charge is 2.26. The van der Waals surface area contributed by atoms with Gasteiger partial charge in [0.15, 0.2) is 0 Å². The lowest BCUT2D eigenvalue weighted by Crippen LogP contribution is -2.26. The summed E-state index contributed by atoms with van der Waals surface area (Å²) in [6.45, 7) is 2.03. The number of carbonyl (C=O) groups excluding carboxylic acids is 1. The van der Waals surface area contributed by atoms with Gasteiger partial charge < -0.3 is 5.73 Å². The number of nitrogens with zero attached hydrogens (tertiary/aromatic N) is 1. The van der Waals surface area contributed by atoms with E-state index in [1.54, 1.807) is 0 Å². The molecule has 62 valence electrons. The molecular formula is C7H13N3O. The number of hydrogen-bond acceptors (Lipinski definition) is 2. The van der Waals surface area contributed by atoms with E-state index in [9.17, 15) is 4.79 Å². The Morgan fingerprint density at radius 3 is 2.73 bits per heavy atom. The van der Waals surface area contributed by atoms with E-state index in [2.05, 4.69) is 10.5 Å². The van der Waals surface area contributed by atoms with E-state index in [0.717, 1.165) is 12.1 Å². The molecule has 0 radical (unpaired) electrons. The molecule has 2 amide bonds. The summed E-state index contributed by atoms with van der Waals surface area (Å²) in [5, 5.41) is 3.90. The van der Waals surface area contributed by atoms with E-state index < -0.39 is 6.03 Å². The Morgan fingerprint density at radius 2 is 2.36 bits per heavy atom. The van der Waals surface area contributed by atoms with Crippen LogP contribution in [0.4, 0.5) is 4.79 Å². The second kappa shape index (κ2) is 3.37. The van der Waals surface area contributed by atoms with Gasteiger partial charge in [-0.2, -0.15) is 5.10 Å². The Kier molecular flexibility index (Phi) is 2.46. The van der Waals surface area contributed by atoms with E-state index in [-0.39, 0.29) is 0 Å². The number of nitrogens with two attached hydrogens (primary N) is 1. The van der Waals surface area contributed by atoms with Crippen LogP contribution in [-0.2, 0) is 0 Å². The van der Waals surface area contributed by atoms with E-state index >= 15 is 0 Å². The molecule has 0 aromatic carbocycles. The van der Waals surface area contributed by atoms with Crippen molar-refractivity contribution in [3.63, 3.8) is 0 Å². The highest BCUT2D eigenvalue weighted by molar-refractivity contribution is 5.89. The lowest BCUT2D eigenvalue weighted by molar-refractivity contribution is 0.249. The van der Waals surface area contributed by atoms with E-state index in [1.807, 2.05) is 6.92 Å². The number of rotatable bonds is 3. The van der Waals surface area contributed by atoms with Crippen LogP contribution in [0.5, 0.6) is 0 Å². The van der Waals surface area contributed by atoms with Crippen molar-refractivity contribution < 1.29 is 4.79 Å². The molecule has 0 spiro atoms. The molecule has 0 unspecified atom stereocenters. The number of primary amides is 1. The number of hydrogen-bond donors (Lipinski definition) is 2. The Balaban J connectivity index is 2.38. The molecule has 11 heavy (non-hydrogen) atoms. The molecule has 1 saturated carbocycles. The molecule has 0 aliphatic heterocycles. The van der Waals surface area contributed by atoms with Gasteiger partial charge in [0.1, 0.15) is 0 Å². The summed E-state index contributed by atoms with van der Waals surface area (Å²) in [4.78, 5) is 10.3. The number of carbonyl (C=O) groups is 1. The van der Waals surface area contributed by atoms with Crippen LogP contribution in [0, 0.1) is 5.92 Å². The molecule has 0 aromatic rings. The summed E-state index contributed by atoms with van der Waals surface area (Å²) in [5.41, 5.74) is 8.16. The average Bonchev–Trinajstić information content (AvgIpc) is 2.72. The van der Waals surface area contributed by atoms with Gasteiger partial charge in [-0.1, -0.05) is 6.92 Å². The first-order chi connectivity index (χ1) is 5.24. The minimum absolute atomic E-state index is 0.586. The number of nitrogens with one attached hydrogen (secondary N) is 1. The minimum Gasteiger partial charge on any atom is -0.350 e. The van der Waals surface area contributed by atoms with Gasteiger partial charge in [0.25, 0.3) is 0 Å². The van der Waals surface area contributed by atoms with Crippen molar-refractivity contribution in [3.8, 4) is 0 Å². The first kappa shape index (κ1) is 8.04. The van der Waals surface area contributed by atoms with Crippen LogP contribution in [0.25, 0.3) is 0 Å². The lowest BCUT2D eigenvalue weighted by atomic mass is 10.2. The molecule has 4 heteroatoms. The van der Waals surface area contributed by atoms with Crippen LogP contribution in [0.1, 0.15) is 26.2 Å². The third-order valence-electron chi connectivity index (χ3n) is 1.72. The topological polar surface area (TPSA) is 67.5 Å². The van der Waals surface area contributed by atoms with Crippen molar-refractivity contribution in [1.82, 2.24) is 5.43 Å². The summed E-state index contributed by atoms with van der Waals surface area (Å²) in [7, 11) is 0. The second-order valence-corrected chi connectivity index (χ2v) is 2.71. The summed E-state index contributed by atoms with van der Waals surface area (Å²) < 4.78 is 0. The largest absolute Gasteiger partial charge is 0.350 e. The van der Waals surface area contributed by atoms with E-state index in [0.29, 0.717) is 5.92 Å². The van der Waals surface area contributed by atoms with Crippen LogP contribution < -0.4 is 11.2 Å². The van der Waals surface area contributed by atoms with Crippen LogP contribution in [0.3, 0.4) is 0 Å². The molecule has 1 rings (SSSR count). The van der Waals surface area contributed by atoms with Crippen molar-refractivity contribution in [1.29, 1.82) is 0 Å². The predicted molar refractivity (Wildman–Crippen MR) is 43.2 cm³/mol. The monoisotopic (exact) mass is 155 g/mol. The summed E-state index contributed by atoms with van der Waals surface area (Å²) >= 11 is 0. The molecular weight excluding hydrogens is 142 g/mol. The average molecular weight is 155 g/mol. The van der Waals surface area contributed by atoms with Gasteiger partial charge in [0, 0.05) is 5.71 Å². The van der Waals surface area contributed by atoms with E-state index in [4.69, 9.17) is 5.73 Å². The Morgan fingerprint density at radius 1 is 1.73 bits per heavy atom. The molecule has 0 bridgehead atoms. The van der Waals surface area contributed by atoms with Crippen LogP contribution in [-0.4, -0.2) is 11.7 Å². The van der Waals surface area contributed by atoms with Crippen LogP contribution in [0.2, 0.25) is 0 Å². The van der Waals surface area contributed by atoms with Crippen molar-refractivity contribution in [2.45, 2.75) is 26.2 Å². The third-order valence-corrected chi connectivity index (χ3v) is 1.72. The minimum atomic E-state index is -0.586. The van der Waals surface area contributed by atoms with Gasteiger partial charge in [-0.15, -0.1) is 0 Å². The van der Waals surface area contributed by atoms with Gasteiger partial charge in [-0.3, -0.25) is 0 Å². The molecule has 4 nitrogen and oxygen atoms in total.